The molecule has 0 radical (unpaired) electrons. The lowest BCUT2D eigenvalue weighted by atomic mass is 10.2. The smallest absolute Gasteiger partial charge is 0.191 e. The topological polar surface area (TPSA) is 70.4 Å². The van der Waals surface area contributed by atoms with Crippen molar-refractivity contribution in [2.45, 2.75) is 84.1 Å². The molecule has 3 heterocycles. The first kappa shape index (κ1) is 25.4. The van der Waals surface area contributed by atoms with Crippen molar-refractivity contribution in [1.82, 2.24) is 30.3 Å². The van der Waals surface area contributed by atoms with Crippen molar-refractivity contribution < 1.29 is 0 Å². The molecular formula is C22H42IN7. The lowest BCUT2D eigenvalue weighted by Crippen LogP contribution is -2.39. The van der Waals surface area contributed by atoms with Gasteiger partial charge >= 0.3 is 0 Å². The molecule has 0 spiro atoms. The highest BCUT2D eigenvalue weighted by molar-refractivity contribution is 14.0. The van der Waals surface area contributed by atoms with Crippen LogP contribution in [0.2, 0.25) is 0 Å². The summed E-state index contributed by atoms with van der Waals surface area (Å²) >= 11 is 0. The first-order valence-corrected chi connectivity index (χ1v) is 12.0. The van der Waals surface area contributed by atoms with Crippen LogP contribution in [-0.2, 0) is 19.4 Å². The van der Waals surface area contributed by atoms with Gasteiger partial charge in [0.2, 0.25) is 0 Å². The van der Waals surface area contributed by atoms with E-state index >= 15 is 0 Å². The highest BCUT2D eigenvalue weighted by atomic mass is 127. The normalized spacial score (nSPS) is 18.1. The van der Waals surface area contributed by atoms with E-state index in [4.69, 9.17) is 4.99 Å². The van der Waals surface area contributed by atoms with Crippen LogP contribution < -0.4 is 10.6 Å². The Labute approximate surface area is 199 Å². The minimum atomic E-state index is 0. The number of aliphatic imine (C=N–C) groups is 1. The number of hydrogen-bond acceptors (Lipinski definition) is 4. The lowest BCUT2D eigenvalue weighted by Gasteiger charge is -2.20. The van der Waals surface area contributed by atoms with Gasteiger partial charge in [0.25, 0.3) is 0 Å². The average Bonchev–Trinajstić information content (AvgIpc) is 2.93. The molecule has 0 amide bonds. The summed E-state index contributed by atoms with van der Waals surface area (Å²) in [6.07, 6.45) is 13.6. The molecule has 0 unspecified atom stereocenters. The first-order valence-electron chi connectivity index (χ1n) is 12.0. The third-order valence-corrected chi connectivity index (χ3v) is 6.00. The van der Waals surface area contributed by atoms with Gasteiger partial charge in [0.05, 0.1) is 0 Å². The minimum absolute atomic E-state index is 0. The number of nitrogens with one attached hydrogen (secondary N) is 2. The summed E-state index contributed by atoms with van der Waals surface area (Å²) in [4.78, 5) is 7.39. The molecule has 1 aromatic heterocycles. The Morgan fingerprint density at radius 3 is 2.50 bits per heavy atom. The maximum absolute atomic E-state index is 4.77. The summed E-state index contributed by atoms with van der Waals surface area (Å²) in [7, 11) is 0. The van der Waals surface area contributed by atoms with Crippen LogP contribution in [0.3, 0.4) is 0 Å². The molecule has 0 bridgehead atoms. The van der Waals surface area contributed by atoms with Crippen molar-refractivity contribution in [2.24, 2.45) is 4.99 Å². The standard InChI is InChI=1S/C22H41N7.HI/c1-2-23-22(25-15-11-18-28-16-7-3-4-8-17-28)24-14-10-13-21-27-26-20-12-6-5-9-19-29(20)21;/h2-19H2,1H3,(H2,23,24,25);1H. The van der Waals surface area contributed by atoms with Gasteiger partial charge in [-0.3, -0.25) is 4.99 Å². The van der Waals surface area contributed by atoms with Gasteiger partial charge in [-0.2, -0.15) is 0 Å². The van der Waals surface area contributed by atoms with Crippen molar-refractivity contribution in [3.8, 4) is 0 Å². The second-order valence-corrected chi connectivity index (χ2v) is 8.40. The predicted molar refractivity (Wildman–Crippen MR) is 135 cm³/mol. The molecule has 1 fully saturated rings. The first-order chi connectivity index (χ1) is 14.4. The molecule has 0 aromatic carbocycles. The zero-order chi connectivity index (χ0) is 20.2. The Bertz CT molecular complexity index is 609. The number of rotatable bonds is 9. The quantitative estimate of drug-likeness (QED) is 0.221. The van der Waals surface area contributed by atoms with Gasteiger partial charge in [-0.15, -0.1) is 34.2 Å². The van der Waals surface area contributed by atoms with E-state index in [-0.39, 0.29) is 24.0 Å². The molecule has 8 heteroatoms. The number of nitrogens with zero attached hydrogens (tertiary/aromatic N) is 5. The zero-order valence-corrected chi connectivity index (χ0v) is 21.2. The second-order valence-electron chi connectivity index (χ2n) is 8.40. The van der Waals surface area contributed by atoms with Crippen LogP contribution in [0, 0.1) is 0 Å². The van der Waals surface area contributed by atoms with E-state index in [0.717, 1.165) is 57.2 Å². The van der Waals surface area contributed by atoms with Gasteiger partial charge in [0, 0.05) is 39.0 Å². The molecule has 1 aromatic rings. The van der Waals surface area contributed by atoms with Crippen LogP contribution in [0.1, 0.15) is 76.4 Å². The van der Waals surface area contributed by atoms with E-state index in [0.29, 0.717) is 0 Å². The third-order valence-electron chi connectivity index (χ3n) is 6.00. The monoisotopic (exact) mass is 531 g/mol. The van der Waals surface area contributed by atoms with Gasteiger partial charge in [-0.25, -0.2) is 0 Å². The molecule has 0 saturated carbocycles. The van der Waals surface area contributed by atoms with Crippen LogP contribution >= 0.6 is 24.0 Å². The van der Waals surface area contributed by atoms with E-state index < -0.39 is 0 Å². The Morgan fingerprint density at radius 1 is 0.933 bits per heavy atom. The number of aromatic nitrogens is 3. The Hall–Kier alpha value is -0.900. The maximum Gasteiger partial charge on any atom is 0.191 e. The molecular weight excluding hydrogens is 489 g/mol. The molecule has 1 saturated heterocycles. The fraction of sp³-hybridized carbons (Fsp3) is 0.864. The van der Waals surface area contributed by atoms with Gasteiger partial charge < -0.3 is 20.1 Å². The SMILES string of the molecule is CCNC(=NCCCc1nnc2n1CCCCC2)NCCCN1CCCCCC1.I. The summed E-state index contributed by atoms with van der Waals surface area (Å²) in [6, 6.07) is 0. The number of guanidine groups is 1. The van der Waals surface area contributed by atoms with Crippen molar-refractivity contribution in [3.05, 3.63) is 11.6 Å². The van der Waals surface area contributed by atoms with Crippen molar-refractivity contribution in [3.63, 3.8) is 0 Å². The van der Waals surface area contributed by atoms with E-state index in [2.05, 4.69) is 37.2 Å². The number of halogens is 1. The van der Waals surface area contributed by atoms with Crippen molar-refractivity contribution >= 4 is 29.9 Å². The fourth-order valence-corrected chi connectivity index (χ4v) is 4.37. The predicted octanol–water partition coefficient (Wildman–Crippen LogP) is 3.38. The number of hydrogen-bond donors (Lipinski definition) is 2. The van der Waals surface area contributed by atoms with Crippen LogP contribution in [-0.4, -0.2) is 64.9 Å². The van der Waals surface area contributed by atoms with E-state index in [9.17, 15) is 0 Å². The zero-order valence-electron chi connectivity index (χ0n) is 18.9. The van der Waals surface area contributed by atoms with Crippen molar-refractivity contribution in [1.29, 1.82) is 0 Å². The van der Waals surface area contributed by atoms with Crippen LogP contribution in [0.15, 0.2) is 4.99 Å². The third kappa shape index (κ3) is 8.69. The molecule has 3 rings (SSSR count). The van der Waals surface area contributed by atoms with E-state index in [1.807, 2.05) is 0 Å². The van der Waals surface area contributed by atoms with Crippen LogP contribution in [0.4, 0.5) is 0 Å². The molecule has 0 atom stereocenters. The second kappa shape index (κ2) is 15.0. The fourth-order valence-electron chi connectivity index (χ4n) is 4.37. The minimum Gasteiger partial charge on any atom is -0.357 e. The summed E-state index contributed by atoms with van der Waals surface area (Å²) in [6.45, 7) is 9.67. The molecule has 172 valence electrons. The van der Waals surface area contributed by atoms with Crippen molar-refractivity contribution in [2.75, 3.05) is 39.3 Å². The summed E-state index contributed by atoms with van der Waals surface area (Å²) in [5.41, 5.74) is 0. The molecule has 2 aliphatic rings. The summed E-state index contributed by atoms with van der Waals surface area (Å²) in [5.74, 6) is 3.27. The van der Waals surface area contributed by atoms with Crippen LogP contribution in [0.5, 0.6) is 0 Å². The van der Waals surface area contributed by atoms with Gasteiger partial charge in [0.15, 0.2) is 5.96 Å². The van der Waals surface area contributed by atoms with Gasteiger partial charge in [0.1, 0.15) is 11.6 Å². The molecule has 2 aliphatic heterocycles. The lowest BCUT2D eigenvalue weighted by molar-refractivity contribution is 0.282. The highest BCUT2D eigenvalue weighted by Crippen LogP contribution is 2.15. The molecule has 0 aliphatic carbocycles. The van der Waals surface area contributed by atoms with Gasteiger partial charge in [-0.1, -0.05) is 19.3 Å². The number of aryl methyl sites for hydroxylation is 2. The summed E-state index contributed by atoms with van der Waals surface area (Å²) < 4.78 is 2.35. The number of likely N-dealkylation sites (tertiary alicyclic amines) is 1. The van der Waals surface area contributed by atoms with E-state index in [1.165, 1.54) is 76.8 Å². The van der Waals surface area contributed by atoms with E-state index in [1.54, 1.807) is 0 Å². The molecule has 7 nitrogen and oxygen atoms in total. The summed E-state index contributed by atoms with van der Waals surface area (Å²) in [5, 5.41) is 15.7. The Balaban J connectivity index is 0.00000320. The molecule has 30 heavy (non-hydrogen) atoms. The number of fused-ring (bicyclic) bond motifs is 1. The molecule has 2 N–H and O–H groups in total. The average molecular weight is 532 g/mol. The van der Waals surface area contributed by atoms with Gasteiger partial charge in [-0.05, 0) is 65.1 Å². The largest absolute Gasteiger partial charge is 0.357 e. The maximum atomic E-state index is 4.77. The Kier molecular flexibility index (Phi) is 12.7. The van der Waals surface area contributed by atoms with Crippen LogP contribution in [0.25, 0.3) is 0 Å². The highest BCUT2D eigenvalue weighted by Gasteiger charge is 2.14. The Morgan fingerprint density at radius 2 is 1.70 bits per heavy atom.